The number of nitrogen functional groups attached to an aromatic ring is 2. The van der Waals surface area contributed by atoms with Gasteiger partial charge in [-0.2, -0.15) is 0 Å². The zero-order valence-corrected chi connectivity index (χ0v) is 11.3. The molecule has 0 aromatic heterocycles. The highest BCUT2D eigenvalue weighted by Crippen LogP contribution is 2.17. The van der Waals surface area contributed by atoms with Gasteiger partial charge in [-0.25, -0.2) is 0 Å². The Hall–Kier alpha value is -2.24. The molecule has 6 heteroatoms. The molecule has 2 amide bonds. The lowest BCUT2D eigenvalue weighted by Crippen LogP contribution is -2.40. The second-order valence-corrected chi connectivity index (χ2v) is 4.12. The largest absolute Gasteiger partial charge is 0.399 e. The third kappa shape index (κ3) is 3.87. The van der Waals surface area contributed by atoms with Crippen molar-refractivity contribution in [2.24, 2.45) is 0 Å². The van der Waals surface area contributed by atoms with Crippen LogP contribution in [0.5, 0.6) is 0 Å². The fourth-order valence-corrected chi connectivity index (χ4v) is 1.70. The van der Waals surface area contributed by atoms with Gasteiger partial charge in [0.05, 0.1) is 12.1 Å². The van der Waals surface area contributed by atoms with E-state index in [1.54, 1.807) is 12.1 Å². The first-order valence-corrected chi connectivity index (χ1v) is 6.20. The molecule has 1 rings (SSSR count). The Morgan fingerprint density at radius 3 is 2.47 bits per heavy atom. The van der Waals surface area contributed by atoms with Crippen LogP contribution in [0, 0.1) is 0 Å². The van der Waals surface area contributed by atoms with Crippen molar-refractivity contribution in [3.05, 3.63) is 23.8 Å². The second kappa shape index (κ2) is 6.63. The number of amides is 2. The van der Waals surface area contributed by atoms with Crippen molar-refractivity contribution in [3.8, 4) is 0 Å². The third-order valence-electron chi connectivity index (χ3n) is 2.68. The minimum Gasteiger partial charge on any atom is -0.399 e. The standard InChI is InChI=1S/C13H20N4O2/c1-3-16-12(18)8-17(4-2)13(19)10-6-5-9(14)7-11(10)15/h5-7H,3-4,8,14-15H2,1-2H3,(H,16,18). The smallest absolute Gasteiger partial charge is 0.256 e. The van der Waals surface area contributed by atoms with Crippen molar-refractivity contribution in [3.63, 3.8) is 0 Å². The number of nitrogens with one attached hydrogen (secondary N) is 1. The first-order valence-electron chi connectivity index (χ1n) is 6.20. The maximum atomic E-state index is 12.3. The van der Waals surface area contributed by atoms with Gasteiger partial charge >= 0.3 is 0 Å². The molecule has 1 aromatic rings. The number of hydrogen-bond donors (Lipinski definition) is 3. The second-order valence-electron chi connectivity index (χ2n) is 4.12. The summed E-state index contributed by atoms with van der Waals surface area (Å²) in [6, 6.07) is 4.73. The zero-order valence-electron chi connectivity index (χ0n) is 11.3. The predicted molar refractivity (Wildman–Crippen MR) is 75.5 cm³/mol. The Morgan fingerprint density at radius 2 is 1.95 bits per heavy atom. The van der Waals surface area contributed by atoms with Gasteiger partial charge < -0.3 is 21.7 Å². The molecule has 0 aliphatic rings. The van der Waals surface area contributed by atoms with Crippen molar-refractivity contribution in [1.82, 2.24) is 10.2 Å². The van der Waals surface area contributed by atoms with E-state index < -0.39 is 0 Å². The van der Waals surface area contributed by atoms with E-state index in [1.807, 2.05) is 13.8 Å². The van der Waals surface area contributed by atoms with Crippen LogP contribution in [-0.4, -0.2) is 36.3 Å². The molecule has 0 aliphatic carbocycles. The summed E-state index contributed by atoms with van der Waals surface area (Å²) in [5.74, 6) is -0.460. The van der Waals surface area contributed by atoms with Crippen LogP contribution >= 0.6 is 0 Å². The maximum absolute atomic E-state index is 12.3. The fourth-order valence-electron chi connectivity index (χ4n) is 1.70. The summed E-state index contributed by atoms with van der Waals surface area (Å²) in [4.78, 5) is 25.2. The molecule has 0 saturated carbocycles. The lowest BCUT2D eigenvalue weighted by molar-refractivity contribution is -0.121. The lowest BCUT2D eigenvalue weighted by atomic mass is 10.1. The van der Waals surface area contributed by atoms with Crippen LogP contribution in [0.15, 0.2) is 18.2 Å². The molecule has 0 bridgehead atoms. The summed E-state index contributed by atoms with van der Waals surface area (Å²) < 4.78 is 0. The van der Waals surface area contributed by atoms with Gasteiger partial charge in [-0.15, -0.1) is 0 Å². The van der Waals surface area contributed by atoms with Crippen LogP contribution in [0.3, 0.4) is 0 Å². The summed E-state index contributed by atoms with van der Waals surface area (Å²) in [5, 5.41) is 2.66. The molecule has 0 unspecified atom stereocenters. The van der Waals surface area contributed by atoms with Crippen molar-refractivity contribution in [1.29, 1.82) is 0 Å². The molecule has 0 atom stereocenters. The summed E-state index contributed by atoms with van der Waals surface area (Å²) in [5.41, 5.74) is 12.5. The van der Waals surface area contributed by atoms with Gasteiger partial charge in [-0.1, -0.05) is 0 Å². The molecular formula is C13H20N4O2. The van der Waals surface area contributed by atoms with E-state index in [9.17, 15) is 9.59 Å². The topological polar surface area (TPSA) is 101 Å². The summed E-state index contributed by atoms with van der Waals surface area (Å²) in [6.45, 7) is 4.62. The molecule has 0 saturated heterocycles. The van der Waals surface area contributed by atoms with Crippen LogP contribution in [0.2, 0.25) is 0 Å². The van der Waals surface area contributed by atoms with Crippen molar-refractivity contribution in [2.45, 2.75) is 13.8 Å². The van der Waals surface area contributed by atoms with E-state index in [0.29, 0.717) is 30.0 Å². The van der Waals surface area contributed by atoms with Crippen LogP contribution in [-0.2, 0) is 4.79 Å². The van der Waals surface area contributed by atoms with Gasteiger partial charge in [0.1, 0.15) is 0 Å². The summed E-state index contributed by atoms with van der Waals surface area (Å²) in [7, 11) is 0. The van der Waals surface area contributed by atoms with Crippen LogP contribution in [0.25, 0.3) is 0 Å². The SMILES string of the molecule is CCNC(=O)CN(CC)C(=O)c1ccc(N)cc1N. The molecule has 6 nitrogen and oxygen atoms in total. The van der Waals surface area contributed by atoms with Crippen molar-refractivity contribution < 1.29 is 9.59 Å². The van der Waals surface area contributed by atoms with Crippen LogP contribution < -0.4 is 16.8 Å². The molecule has 0 fully saturated rings. The monoisotopic (exact) mass is 264 g/mol. The molecule has 19 heavy (non-hydrogen) atoms. The highest BCUT2D eigenvalue weighted by molar-refractivity contribution is 6.01. The molecule has 0 heterocycles. The zero-order chi connectivity index (χ0) is 14.4. The van der Waals surface area contributed by atoms with Crippen LogP contribution in [0.4, 0.5) is 11.4 Å². The van der Waals surface area contributed by atoms with Gasteiger partial charge in [0.25, 0.3) is 5.91 Å². The average molecular weight is 264 g/mol. The Kier molecular flexibility index (Phi) is 5.17. The number of carbonyl (C=O) groups is 2. The number of nitrogens with zero attached hydrogens (tertiary/aromatic N) is 1. The van der Waals surface area contributed by atoms with E-state index in [0.717, 1.165) is 0 Å². The number of carbonyl (C=O) groups excluding carboxylic acids is 2. The third-order valence-corrected chi connectivity index (χ3v) is 2.68. The van der Waals surface area contributed by atoms with Crippen LogP contribution in [0.1, 0.15) is 24.2 Å². The average Bonchev–Trinajstić information content (AvgIpc) is 2.35. The minimum absolute atomic E-state index is 0.0208. The highest BCUT2D eigenvalue weighted by Gasteiger charge is 2.19. The summed E-state index contributed by atoms with van der Waals surface area (Å²) in [6.07, 6.45) is 0. The van der Waals surface area contributed by atoms with E-state index in [-0.39, 0.29) is 18.4 Å². The van der Waals surface area contributed by atoms with Gasteiger partial charge in [-0.05, 0) is 32.0 Å². The molecule has 5 N–H and O–H groups in total. The normalized spacial score (nSPS) is 10.0. The van der Waals surface area contributed by atoms with Crippen molar-refractivity contribution >= 4 is 23.2 Å². The van der Waals surface area contributed by atoms with Gasteiger partial charge in [0, 0.05) is 24.5 Å². The van der Waals surface area contributed by atoms with E-state index in [1.165, 1.54) is 11.0 Å². The number of hydrogen-bond acceptors (Lipinski definition) is 4. The van der Waals surface area contributed by atoms with E-state index in [2.05, 4.69) is 5.32 Å². The number of rotatable bonds is 5. The molecule has 0 spiro atoms. The Labute approximate surface area is 112 Å². The number of likely N-dealkylation sites (N-methyl/N-ethyl adjacent to an activating group) is 2. The first kappa shape index (κ1) is 14.8. The summed E-state index contributed by atoms with van der Waals surface area (Å²) >= 11 is 0. The van der Waals surface area contributed by atoms with Gasteiger partial charge in [-0.3, -0.25) is 9.59 Å². The highest BCUT2D eigenvalue weighted by atomic mass is 16.2. The lowest BCUT2D eigenvalue weighted by Gasteiger charge is -2.21. The number of nitrogens with two attached hydrogens (primary N) is 2. The van der Waals surface area contributed by atoms with E-state index >= 15 is 0 Å². The fraction of sp³-hybridized carbons (Fsp3) is 0.385. The van der Waals surface area contributed by atoms with Gasteiger partial charge in [0.2, 0.25) is 5.91 Å². The molecule has 1 aromatic carbocycles. The Balaban J connectivity index is 2.86. The first-order chi connectivity index (χ1) is 8.99. The Morgan fingerprint density at radius 1 is 1.26 bits per heavy atom. The maximum Gasteiger partial charge on any atom is 0.256 e. The Bertz CT molecular complexity index is 474. The molecule has 0 aliphatic heterocycles. The molecular weight excluding hydrogens is 244 g/mol. The molecule has 0 radical (unpaired) electrons. The van der Waals surface area contributed by atoms with Crippen molar-refractivity contribution in [2.75, 3.05) is 31.1 Å². The predicted octanol–water partition coefficient (Wildman–Crippen LogP) is 0.449. The molecule has 104 valence electrons. The quantitative estimate of drug-likeness (QED) is 0.672. The van der Waals surface area contributed by atoms with E-state index in [4.69, 9.17) is 11.5 Å². The number of anilines is 2. The van der Waals surface area contributed by atoms with Gasteiger partial charge in [0.15, 0.2) is 0 Å². The number of benzene rings is 1. The minimum atomic E-state index is -0.272.